The van der Waals surface area contributed by atoms with E-state index in [2.05, 4.69) is 29.4 Å². The summed E-state index contributed by atoms with van der Waals surface area (Å²) in [7, 11) is 0. The summed E-state index contributed by atoms with van der Waals surface area (Å²) in [6.45, 7) is 9.79. The number of rotatable bonds is 8. The number of anilines is 1. The van der Waals surface area contributed by atoms with Crippen molar-refractivity contribution in [3.63, 3.8) is 0 Å². The first-order valence-electron chi connectivity index (χ1n) is 10.3. The lowest BCUT2D eigenvalue weighted by atomic mass is 10.0. The molecule has 0 aliphatic carbocycles. The third-order valence-electron chi connectivity index (χ3n) is 4.97. The van der Waals surface area contributed by atoms with E-state index in [4.69, 9.17) is 9.47 Å². The van der Waals surface area contributed by atoms with Crippen molar-refractivity contribution in [1.82, 2.24) is 10.2 Å². The molecule has 1 heterocycles. The molecule has 2 amide bonds. The average Bonchev–Trinajstić information content (AvgIpc) is 2.74. The molecule has 1 fully saturated rings. The Morgan fingerprint density at radius 2 is 1.90 bits per heavy atom. The summed E-state index contributed by atoms with van der Waals surface area (Å²) in [6, 6.07) is 15.6. The van der Waals surface area contributed by atoms with Gasteiger partial charge in [-0.15, -0.1) is 0 Å². The van der Waals surface area contributed by atoms with Gasteiger partial charge in [0.25, 0.3) is 0 Å². The molecule has 0 unspecified atom stereocenters. The van der Waals surface area contributed by atoms with Crippen LogP contribution < -0.4 is 15.4 Å². The molecule has 6 heteroatoms. The maximum Gasteiger partial charge on any atom is 0.319 e. The average molecular weight is 398 g/mol. The second-order valence-electron chi connectivity index (χ2n) is 7.53. The molecule has 3 rings (SSSR count). The lowest BCUT2D eigenvalue weighted by molar-refractivity contribution is 0.0322. The first-order chi connectivity index (χ1) is 14.1. The van der Waals surface area contributed by atoms with Crippen LogP contribution >= 0.6 is 0 Å². The number of hydrogen-bond donors (Lipinski definition) is 2. The second kappa shape index (κ2) is 10.8. The minimum atomic E-state index is -0.221. The highest BCUT2D eigenvalue weighted by Crippen LogP contribution is 2.17. The first kappa shape index (κ1) is 21.1. The first-order valence-corrected chi connectivity index (χ1v) is 10.3. The number of ether oxygens (including phenoxy) is 2. The van der Waals surface area contributed by atoms with E-state index < -0.39 is 0 Å². The van der Waals surface area contributed by atoms with Crippen LogP contribution in [-0.2, 0) is 11.3 Å². The van der Waals surface area contributed by atoms with Gasteiger partial charge in [0.05, 0.1) is 13.2 Å². The number of hydrogen-bond acceptors (Lipinski definition) is 4. The lowest BCUT2D eigenvalue weighted by Crippen LogP contribution is -2.38. The molecule has 0 spiro atoms. The number of amides is 2. The van der Waals surface area contributed by atoms with Crippen molar-refractivity contribution in [2.24, 2.45) is 0 Å². The van der Waals surface area contributed by atoms with E-state index >= 15 is 0 Å². The van der Waals surface area contributed by atoms with Crippen LogP contribution in [0, 0.1) is 0 Å². The van der Waals surface area contributed by atoms with E-state index in [0.717, 1.165) is 49.8 Å². The van der Waals surface area contributed by atoms with Crippen LogP contribution in [0.1, 0.15) is 30.9 Å². The van der Waals surface area contributed by atoms with Crippen molar-refractivity contribution in [3.8, 4) is 5.75 Å². The SMILES string of the molecule is CC(C)c1ccc(NC(=O)NCc2cccc(OCCN3CCOCC3)c2)cc1. The number of carbonyl (C=O) groups is 1. The van der Waals surface area contributed by atoms with Crippen molar-refractivity contribution in [2.75, 3.05) is 44.8 Å². The van der Waals surface area contributed by atoms with Gasteiger partial charge in [0.15, 0.2) is 0 Å². The van der Waals surface area contributed by atoms with Gasteiger partial charge in [0.1, 0.15) is 12.4 Å². The Morgan fingerprint density at radius 3 is 2.62 bits per heavy atom. The molecule has 2 aromatic rings. The number of carbonyl (C=O) groups excluding carboxylic acids is 1. The van der Waals surface area contributed by atoms with Gasteiger partial charge in [-0.05, 0) is 41.3 Å². The van der Waals surface area contributed by atoms with Crippen molar-refractivity contribution in [3.05, 3.63) is 59.7 Å². The summed E-state index contributed by atoms with van der Waals surface area (Å²) < 4.78 is 11.2. The van der Waals surface area contributed by atoms with Crippen molar-refractivity contribution in [2.45, 2.75) is 26.3 Å². The third kappa shape index (κ3) is 7.07. The van der Waals surface area contributed by atoms with Gasteiger partial charge in [-0.25, -0.2) is 4.79 Å². The zero-order valence-corrected chi connectivity index (χ0v) is 17.3. The van der Waals surface area contributed by atoms with Crippen LogP contribution in [0.2, 0.25) is 0 Å². The zero-order valence-electron chi connectivity index (χ0n) is 17.3. The van der Waals surface area contributed by atoms with Crippen molar-refractivity contribution in [1.29, 1.82) is 0 Å². The molecular formula is C23H31N3O3. The Kier molecular flexibility index (Phi) is 7.90. The van der Waals surface area contributed by atoms with Gasteiger partial charge in [-0.3, -0.25) is 4.90 Å². The lowest BCUT2D eigenvalue weighted by Gasteiger charge is -2.26. The Hall–Kier alpha value is -2.57. The van der Waals surface area contributed by atoms with Gasteiger partial charge >= 0.3 is 6.03 Å². The minimum absolute atomic E-state index is 0.221. The van der Waals surface area contributed by atoms with Crippen molar-refractivity contribution >= 4 is 11.7 Å². The van der Waals surface area contributed by atoms with Crippen LogP contribution in [0.3, 0.4) is 0 Å². The fourth-order valence-corrected chi connectivity index (χ4v) is 3.17. The van der Waals surface area contributed by atoms with E-state index in [0.29, 0.717) is 19.1 Å². The molecule has 2 aromatic carbocycles. The highest BCUT2D eigenvalue weighted by atomic mass is 16.5. The van der Waals surface area contributed by atoms with Gasteiger partial charge in [-0.1, -0.05) is 38.1 Å². The van der Waals surface area contributed by atoms with Gasteiger partial charge in [0.2, 0.25) is 0 Å². The molecule has 156 valence electrons. The second-order valence-corrected chi connectivity index (χ2v) is 7.53. The number of morpholine rings is 1. The molecule has 0 atom stereocenters. The van der Waals surface area contributed by atoms with E-state index in [1.165, 1.54) is 5.56 Å². The van der Waals surface area contributed by atoms with Gasteiger partial charge in [0, 0.05) is 31.9 Å². The summed E-state index contributed by atoms with van der Waals surface area (Å²) in [5.74, 6) is 1.29. The van der Waals surface area contributed by atoms with E-state index in [1.54, 1.807) is 0 Å². The molecule has 0 aromatic heterocycles. The predicted molar refractivity (Wildman–Crippen MR) is 116 cm³/mol. The monoisotopic (exact) mass is 397 g/mol. The van der Waals surface area contributed by atoms with Crippen LogP contribution in [0.5, 0.6) is 5.75 Å². The van der Waals surface area contributed by atoms with E-state index in [1.807, 2.05) is 48.5 Å². The van der Waals surface area contributed by atoms with Crippen LogP contribution in [0.15, 0.2) is 48.5 Å². The summed E-state index contributed by atoms with van der Waals surface area (Å²) >= 11 is 0. The van der Waals surface area contributed by atoms with Crippen LogP contribution in [0.25, 0.3) is 0 Å². The molecule has 1 aliphatic rings. The van der Waals surface area contributed by atoms with Gasteiger partial charge < -0.3 is 20.1 Å². The maximum atomic E-state index is 12.2. The molecule has 0 saturated carbocycles. The number of urea groups is 1. The quantitative estimate of drug-likeness (QED) is 0.710. The van der Waals surface area contributed by atoms with Crippen LogP contribution in [0.4, 0.5) is 10.5 Å². The molecule has 2 N–H and O–H groups in total. The topological polar surface area (TPSA) is 62.8 Å². The molecule has 0 radical (unpaired) electrons. The third-order valence-corrected chi connectivity index (χ3v) is 4.97. The Labute approximate surface area is 173 Å². The Bertz CT molecular complexity index is 771. The molecule has 0 bridgehead atoms. The predicted octanol–water partition coefficient (Wildman–Crippen LogP) is 3.84. The Balaban J connectivity index is 1.41. The largest absolute Gasteiger partial charge is 0.492 e. The minimum Gasteiger partial charge on any atom is -0.492 e. The standard InChI is InChI=1S/C23H31N3O3/c1-18(2)20-6-8-21(9-7-20)25-23(27)24-17-19-4-3-5-22(16-19)29-15-12-26-10-13-28-14-11-26/h3-9,16,18H,10-15,17H2,1-2H3,(H2,24,25,27). The molecule has 1 aliphatic heterocycles. The highest BCUT2D eigenvalue weighted by Gasteiger charge is 2.10. The smallest absolute Gasteiger partial charge is 0.319 e. The number of nitrogens with zero attached hydrogens (tertiary/aromatic N) is 1. The summed E-state index contributed by atoms with van der Waals surface area (Å²) in [5.41, 5.74) is 3.03. The normalized spacial score (nSPS) is 14.6. The zero-order chi connectivity index (χ0) is 20.5. The fourth-order valence-electron chi connectivity index (χ4n) is 3.17. The summed E-state index contributed by atoms with van der Waals surface area (Å²) in [6.07, 6.45) is 0. The Morgan fingerprint density at radius 1 is 1.14 bits per heavy atom. The molecule has 29 heavy (non-hydrogen) atoms. The summed E-state index contributed by atoms with van der Waals surface area (Å²) in [5, 5.41) is 5.76. The fraction of sp³-hybridized carbons (Fsp3) is 0.435. The van der Waals surface area contributed by atoms with Gasteiger partial charge in [-0.2, -0.15) is 0 Å². The van der Waals surface area contributed by atoms with Crippen molar-refractivity contribution < 1.29 is 14.3 Å². The molecule has 1 saturated heterocycles. The number of nitrogens with one attached hydrogen (secondary N) is 2. The van der Waals surface area contributed by atoms with Crippen LogP contribution in [-0.4, -0.2) is 50.4 Å². The molecule has 6 nitrogen and oxygen atoms in total. The summed E-state index contributed by atoms with van der Waals surface area (Å²) in [4.78, 5) is 14.5. The maximum absolute atomic E-state index is 12.2. The van der Waals surface area contributed by atoms with E-state index in [9.17, 15) is 4.79 Å². The molecular weight excluding hydrogens is 366 g/mol. The highest BCUT2D eigenvalue weighted by molar-refractivity contribution is 5.89. The number of benzene rings is 2. The van der Waals surface area contributed by atoms with E-state index in [-0.39, 0.29) is 6.03 Å².